The second-order valence-electron chi connectivity index (χ2n) is 7.04. The van der Waals surface area contributed by atoms with Gasteiger partial charge in [0.05, 0.1) is 10.6 Å². The van der Waals surface area contributed by atoms with Gasteiger partial charge in [0.1, 0.15) is 23.2 Å². The fourth-order valence-electron chi connectivity index (χ4n) is 3.05. The maximum Gasteiger partial charge on any atom is 0.263 e. The van der Waals surface area contributed by atoms with Gasteiger partial charge >= 0.3 is 0 Å². The molecule has 1 aromatic carbocycles. The lowest BCUT2D eigenvalue weighted by Gasteiger charge is -2.03. The molecule has 0 fully saturated rings. The van der Waals surface area contributed by atoms with Crippen molar-refractivity contribution in [2.24, 2.45) is 0 Å². The summed E-state index contributed by atoms with van der Waals surface area (Å²) < 4.78 is 28.3. The maximum absolute atomic E-state index is 12.8. The van der Waals surface area contributed by atoms with Crippen LogP contribution in [0.3, 0.4) is 0 Å². The first-order valence-electron chi connectivity index (χ1n) is 9.18. The average Bonchev–Trinajstić information content (AvgIpc) is 3.36. The van der Waals surface area contributed by atoms with Crippen molar-refractivity contribution in [1.29, 1.82) is 0 Å². The summed E-state index contributed by atoms with van der Waals surface area (Å²) in [5.74, 6) is -0.433. The third-order valence-corrected chi connectivity index (χ3v) is 6.34. The number of aromatic nitrogens is 3. The summed E-state index contributed by atoms with van der Waals surface area (Å²) >= 11 is 1.29. The number of sulfone groups is 1. The summed E-state index contributed by atoms with van der Waals surface area (Å²) in [7, 11) is -3.32. The minimum Gasteiger partial charge on any atom is -0.363 e. The van der Waals surface area contributed by atoms with Crippen LogP contribution in [0.5, 0.6) is 0 Å². The molecule has 158 valence electrons. The molecule has 3 aromatic heterocycles. The number of hydrogen-bond acceptors (Lipinski definition) is 8. The van der Waals surface area contributed by atoms with Crippen LogP contribution in [0.4, 0.5) is 5.13 Å². The molecule has 31 heavy (non-hydrogen) atoms. The monoisotopic (exact) mass is 454 g/mol. The molecule has 10 heteroatoms. The standard InChI is InChI=1S/C21H18N4O4S2/c1-12-8-13(2)22-17(9-12)18-11-30-21(23-18)24-20(26)16-10-29-25-19(16)14-4-6-15(7-5-14)31(3,27)28/h4-11H,1-3H3,(H,23,24,26). The van der Waals surface area contributed by atoms with Crippen molar-refractivity contribution in [2.75, 3.05) is 11.6 Å². The number of anilines is 1. The molecular formula is C21H18N4O4S2. The number of amides is 1. The largest absolute Gasteiger partial charge is 0.363 e. The number of benzene rings is 1. The Hall–Kier alpha value is -3.37. The van der Waals surface area contributed by atoms with Gasteiger partial charge in [0.25, 0.3) is 5.91 Å². The van der Waals surface area contributed by atoms with Crippen molar-refractivity contribution in [1.82, 2.24) is 15.1 Å². The van der Waals surface area contributed by atoms with Gasteiger partial charge in [-0.3, -0.25) is 15.1 Å². The van der Waals surface area contributed by atoms with E-state index < -0.39 is 15.7 Å². The number of nitrogens with zero attached hydrogens (tertiary/aromatic N) is 3. The van der Waals surface area contributed by atoms with Crippen LogP contribution in [0.15, 0.2) is 57.5 Å². The Morgan fingerprint density at radius 1 is 1.06 bits per heavy atom. The van der Waals surface area contributed by atoms with Crippen LogP contribution in [-0.2, 0) is 9.84 Å². The molecule has 0 saturated heterocycles. The Labute approximate surface area is 182 Å². The van der Waals surface area contributed by atoms with E-state index in [0.717, 1.165) is 23.2 Å². The van der Waals surface area contributed by atoms with Crippen LogP contribution in [0.1, 0.15) is 21.6 Å². The third-order valence-electron chi connectivity index (χ3n) is 4.46. The molecule has 8 nitrogen and oxygen atoms in total. The van der Waals surface area contributed by atoms with Gasteiger partial charge in [-0.15, -0.1) is 11.3 Å². The zero-order valence-corrected chi connectivity index (χ0v) is 18.5. The van der Waals surface area contributed by atoms with Gasteiger partial charge in [-0.05, 0) is 43.7 Å². The first-order valence-corrected chi connectivity index (χ1v) is 12.0. The van der Waals surface area contributed by atoms with E-state index in [1.807, 2.05) is 31.4 Å². The zero-order valence-electron chi connectivity index (χ0n) is 16.9. The molecule has 4 rings (SSSR count). The second kappa shape index (κ2) is 8.05. The summed E-state index contributed by atoms with van der Waals surface area (Å²) in [6.07, 6.45) is 2.38. The molecule has 0 aliphatic rings. The summed E-state index contributed by atoms with van der Waals surface area (Å²) in [6, 6.07) is 10.0. The van der Waals surface area contributed by atoms with Crippen molar-refractivity contribution in [2.45, 2.75) is 18.7 Å². The van der Waals surface area contributed by atoms with Gasteiger partial charge in [-0.1, -0.05) is 17.3 Å². The van der Waals surface area contributed by atoms with Gasteiger partial charge in [0.2, 0.25) is 0 Å². The minimum absolute atomic E-state index is 0.182. The van der Waals surface area contributed by atoms with Gasteiger partial charge in [-0.2, -0.15) is 0 Å². The summed E-state index contributed by atoms with van der Waals surface area (Å²) in [5, 5.41) is 8.90. The molecule has 0 saturated carbocycles. The van der Waals surface area contributed by atoms with Gasteiger partial charge in [-0.25, -0.2) is 13.4 Å². The highest BCUT2D eigenvalue weighted by Gasteiger charge is 2.20. The number of rotatable bonds is 5. The zero-order chi connectivity index (χ0) is 22.2. The number of hydrogen-bond donors (Lipinski definition) is 1. The van der Waals surface area contributed by atoms with Crippen LogP contribution in [0.25, 0.3) is 22.6 Å². The van der Waals surface area contributed by atoms with Crippen LogP contribution in [0, 0.1) is 13.8 Å². The van der Waals surface area contributed by atoms with E-state index in [1.54, 1.807) is 12.1 Å². The molecule has 1 amide bonds. The molecule has 4 aromatic rings. The normalized spacial score (nSPS) is 11.5. The number of pyridine rings is 1. The molecule has 0 aliphatic carbocycles. The number of carbonyl (C=O) groups excluding carboxylic acids is 1. The molecule has 0 aliphatic heterocycles. The summed E-state index contributed by atoms with van der Waals surface area (Å²) in [4.78, 5) is 21.9. The Kier molecular flexibility index (Phi) is 5.42. The highest BCUT2D eigenvalue weighted by Crippen LogP contribution is 2.27. The highest BCUT2D eigenvalue weighted by atomic mass is 32.2. The SMILES string of the molecule is Cc1cc(C)nc(-c2csc(NC(=O)c3conc3-c3ccc(S(C)(=O)=O)cc3)n2)c1. The Balaban J connectivity index is 1.56. The Morgan fingerprint density at radius 3 is 2.48 bits per heavy atom. The average molecular weight is 455 g/mol. The maximum atomic E-state index is 12.8. The van der Waals surface area contributed by atoms with E-state index in [1.165, 1.54) is 29.7 Å². The number of nitrogens with one attached hydrogen (secondary N) is 1. The molecule has 0 atom stereocenters. The summed E-state index contributed by atoms with van der Waals surface area (Å²) in [5.41, 5.74) is 4.48. The quantitative estimate of drug-likeness (QED) is 0.482. The Morgan fingerprint density at radius 2 is 1.81 bits per heavy atom. The second-order valence-corrected chi connectivity index (χ2v) is 9.91. The number of thiazole rings is 1. The fraction of sp³-hybridized carbons (Fsp3) is 0.143. The van der Waals surface area contributed by atoms with Crippen molar-refractivity contribution >= 4 is 32.2 Å². The third kappa shape index (κ3) is 4.54. The Bertz CT molecular complexity index is 1350. The number of aryl methyl sites for hydroxylation is 2. The lowest BCUT2D eigenvalue weighted by molar-refractivity contribution is 0.102. The van der Waals surface area contributed by atoms with E-state index in [4.69, 9.17) is 4.52 Å². The van der Waals surface area contributed by atoms with E-state index in [0.29, 0.717) is 22.1 Å². The van der Waals surface area contributed by atoms with Crippen LogP contribution >= 0.6 is 11.3 Å². The van der Waals surface area contributed by atoms with E-state index in [-0.39, 0.29) is 10.5 Å². The van der Waals surface area contributed by atoms with Gasteiger partial charge in [0, 0.05) is 22.9 Å². The van der Waals surface area contributed by atoms with E-state index in [2.05, 4.69) is 20.4 Å². The van der Waals surface area contributed by atoms with Crippen LogP contribution in [-0.4, -0.2) is 35.7 Å². The highest BCUT2D eigenvalue weighted by molar-refractivity contribution is 7.90. The molecular weight excluding hydrogens is 436 g/mol. The van der Waals surface area contributed by atoms with Crippen molar-refractivity contribution in [3.63, 3.8) is 0 Å². The van der Waals surface area contributed by atoms with Crippen molar-refractivity contribution in [3.8, 4) is 22.6 Å². The first-order chi connectivity index (χ1) is 14.7. The number of carbonyl (C=O) groups is 1. The minimum atomic E-state index is -3.32. The van der Waals surface area contributed by atoms with E-state index >= 15 is 0 Å². The molecule has 3 heterocycles. The topological polar surface area (TPSA) is 115 Å². The lowest BCUT2D eigenvalue weighted by atomic mass is 10.1. The molecule has 0 bridgehead atoms. The predicted molar refractivity (Wildman–Crippen MR) is 118 cm³/mol. The molecule has 0 radical (unpaired) electrons. The first kappa shape index (κ1) is 20.9. The predicted octanol–water partition coefficient (Wildman–Crippen LogP) is 4.13. The molecule has 1 N–H and O–H groups in total. The van der Waals surface area contributed by atoms with Crippen LogP contribution in [0.2, 0.25) is 0 Å². The van der Waals surface area contributed by atoms with E-state index in [9.17, 15) is 13.2 Å². The van der Waals surface area contributed by atoms with Crippen molar-refractivity contribution < 1.29 is 17.7 Å². The van der Waals surface area contributed by atoms with Gasteiger partial charge < -0.3 is 4.52 Å². The molecule has 0 spiro atoms. The summed E-state index contributed by atoms with van der Waals surface area (Å²) in [6.45, 7) is 3.91. The van der Waals surface area contributed by atoms with Crippen molar-refractivity contribution in [3.05, 3.63) is 64.9 Å². The smallest absolute Gasteiger partial charge is 0.263 e. The lowest BCUT2D eigenvalue weighted by Crippen LogP contribution is -2.12. The van der Waals surface area contributed by atoms with Crippen LogP contribution < -0.4 is 5.32 Å². The molecule has 0 unspecified atom stereocenters. The fourth-order valence-corrected chi connectivity index (χ4v) is 4.38. The van der Waals surface area contributed by atoms with Gasteiger partial charge in [0.15, 0.2) is 15.0 Å².